The number of benzene rings is 1. The van der Waals surface area contributed by atoms with E-state index in [1.54, 1.807) is 11.8 Å². The number of hydrogen-bond acceptors (Lipinski definition) is 5. The van der Waals surface area contributed by atoms with Gasteiger partial charge < -0.3 is 9.84 Å². The Hall–Kier alpha value is -1.04. The Morgan fingerprint density at radius 1 is 1.37 bits per heavy atom. The zero-order chi connectivity index (χ0) is 13.1. The Balaban J connectivity index is 1.59. The maximum Gasteiger partial charge on any atom is 0.243 e. The SMILES string of the molecule is Clc1ccc(SCc2noc(C3CCCN3)n2)cc1. The van der Waals surface area contributed by atoms with Crippen LogP contribution in [0.25, 0.3) is 0 Å². The van der Waals surface area contributed by atoms with E-state index in [-0.39, 0.29) is 6.04 Å². The molecule has 1 N–H and O–H groups in total. The van der Waals surface area contributed by atoms with Gasteiger partial charge in [0.15, 0.2) is 5.82 Å². The molecule has 0 bridgehead atoms. The molecule has 6 heteroatoms. The van der Waals surface area contributed by atoms with Gasteiger partial charge in [0.2, 0.25) is 5.89 Å². The minimum Gasteiger partial charge on any atom is -0.338 e. The van der Waals surface area contributed by atoms with Crippen molar-refractivity contribution in [3.05, 3.63) is 41.0 Å². The molecule has 1 unspecified atom stereocenters. The minimum atomic E-state index is 0.238. The van der Waals surface area contributed by atoms with Crippen LogP contribution in [0.4, 0.5) is 0 Å². The van der Waals surface area contributed by atoms with Gasteiger partial charge in [0.25, 0.3) is 0 Å². The van der Waals surface area contributed by atoms with Gasteiger partial charge in [-0.15, -0.1) is 11.8 Å². The fraction of sp³-hybridized carbons (Fsp3) is 0.385. The van der Waals surface area contributed by atoms with E-state index in [1.807, 2.05) is 24.3 Å². The molecule has 19 heavy (non-hydrogen) atoms. The molecular formula is C13H14ClN3OS. The molecule has 1 aliphatic heterocycles. The molecule has 0 saturated carbocycles. The number of hydrogen-bond donors (Lipinski definition) is 1. The van der Waals surface area contributed by atoms with Crippen LogP contribution in [-0.2, 0) is 5.75 Å². The third-order valence-corrected chi connectivity index (χ3v) is 4.28. The van der Waals surface area contributed by atoms with Crippen LogP contribution in [0.5, 0.6) is 0 Å². The molecule has 1 aromatic heterocycles. The fourth-order valence-corrected chi connectivity index (χ4v) is 2.91. The van der Waals surface area contributed by atoms with Crippen molar-refractivity contribution < 1.29 is 4.52 Å². The number of nitrogens with zero attached hydrogens (tertiary/aromatic N) is 2. The molecule has 0 amide bonds. The second-order valence-electron chi connectivity index (χ2n) is 4.44. The first kappa shape index (κ1) is 13.0. The first-order chi connectivity index (χ1) is 9.31. The predicted molar refractivity (Wildman–Crippen MR) is 75.3 cm³/mol. The van der Waals surface area contributed by atoms with Crippen LogP contribution in [-0.4, -0.2) is 16.7 Å². The second-order valence-corrected chi connectivity index (χ2v) is 5.93. The summed E-state index contributed by atoms with van der Waals surface area (Å²) in [5.41, 5.74) is 0. The Bertz CT molecular complexity index is 537. The maximum absolute atomic E-state index is 5.85. The summed E-state index contributed by atoms with van der Waals surface area (Å²) in [6, 6.07) is 7.99. The summed E-state index contributed by atoms with van der Waals surface area (Å²) >= 11 is 7.52. The molecule has 4 nitrogen and oxygen atoms in total. The lowest BCUT2D eigenvalue weighted by atomic mass is 10.2. The van der Waals surface area contributed by atoms with E-state index in [0.717, 1.165) is 28.7 Å². The molecule has 1 fully saturated rings. The van der Waals surface area contributed by atoms with Gasteiger partial charge in [-0.1, -0.05) is 16.8 Å². The molecule has 1 atom stereocenters. The normalized spacial score (nSPS) is 18.9. The lowest BCUT2D eigenvalue weighted by Crippen LogP contribution is -2.13. The number of thioether (sulfide) groups is 1. The quantitative estimate of drug-likeness (QED) is 0.876. The summed E-state index contributed by atoms with van der Waals surface area (Å²) in [6.07, 6.45) is 2.24. The van der Waals surface area contributed by atoms with E-state index in [4.69, 9.17) is 16.1 Å². The van der Waals surface area contributed by atoms with Crippen LogP contribution in [0.1, 0.15) is 30.6 Å². The summed E-state index contributed by atoms with van der Waals surface area (Å²) < 4.78 is 5.30. The van der Waals surface area contributed by atoms with Gasteiger partial charge in [-0.25, -0.2) is 0 Å². The highest BCUT2D eigenvalue weighted by molar-refractivity contribution is 7.98. The van der Waals surface area contributed by atoms with Crippen LogP contribution in [0.2, 0.25) is 5.02 Å². The van der Waals surface area contributed by atoms with Crippen LogP contribution >= 0.6 is 23.4 Å². The smallest absolute Gasteiger partial charge is 0.243 e. The summed E-state index contributed by atoms with van der Waals surface area (Å²) in [5.74, 6) is 2.16. The summed E-state index contributed by atoms with van der Waals surface area (Å²) in [6.45, 7) is 1.03. The summed E-state index contributed by atoms with van der Waals surface area (Å²) in [5, 5.41) is 8.12. The molecule has 1 saturated heterocycles. The molecule has 1 aliphatic rings. The zero-order valence-corrected chi connectivity index (χ0v) is 11.9. The molecule has 0 radical (unpaired) electrons. The van der Waals surface area contributed by atoms with Gasteiger partial charge in [0.05, 0.1) is 11.8 Å². The third-order valence-electron chi connectivity index (χ3n) is 3.02. The summed E-state index contributed by atoms with van der Waals surface area (Å²) in [7, 11) is 0. The average Bonchev–Trinajstić information content (AvgIpc) is 3.09. The predicted octanol–water partition coefficient (Wildman–Crippen LogP) is 3.44. The molecule has 3 rings (SSSR count). The molecule has 100 valence electrons. The largest absolute Gasteiger partial charge is 0.338 e. The van der Waals surface area contributed by atoms with Gasteiger partial charge >= 0.3 is 0 Å². The fourth-order valence-electron chi connectivity index (χ4n) is 2.04. The summed E-state index contributed by atoms with van der Waals surface area (Å²) in [4.78, 5) is 5.59. The minimum absolute atomic E-state index is 0.238. The third kappa shape index (κ3) is 3.29. The van der Waals surface area contributed by atoms with E-state index in [0.29, 0.717) is 11.6 Å². The first-order valence-corrected chi connectivity index (χ1v) is 7.62. The van der Waals surface area contributed by atoms with Crippen molar-refractivity contribution in [2.24, 2.45) is 0 Å². The van der Waals surface area contributed by atoms with E-state index in [9.17, 15) is 0 Å². The van der Waals surface area contributed by atoms with E-state index in [1.165, 1.54) is 6.42 Å². The topological polar surface area (TPSA) is 51.0 Å². The van der Waals surface area contributed by atoms with Crippen LogP contribution < -0.4 is 5.32 Å². The van der Waals surface area contributed by atoms with Gasteiger partial charge in [-0.3, -0.25) is 0 Å². The zero-order valence-electron chi connectivity index (χ0n) is 10.3. The molecule has 2 aromatic rings. The van der Waals surface area contributed by atoms with E-state index in [2.05, 4.69) is 15.5 Å². The van der Waals surface area contributed by atoms with Crippen molar-refractivity contribution in [3.63, 3.8) is 0 Å². The average molecular weight is 296 g/mol. The van der Waals surface area contributed by atoms with Crippen molar-refractivity contribution >= 4 is 23.4 Å². The van der Waals surface area contributed by atoms with Crippen molar-refractivity contribution in [1.29, 1.82) is 0 Å². The highest BCUT2D eigenvalue weighted by atomic mass is 35.5. The van der Waals surface area contributed by atoms with Crippen LogP contribution in [0.15, 0.2) is 33.7 Å². The second kappa shape index (κ2) is 5.94. The number of halogens is 1. The van der Waals surface area contributed by atoms with Crippen molar-refractivity contribution in [2.75, 3.05) is 6.54 Å². The van der Waals surface area contributed by atoms with Gasteiger partial charge in [-0.2, -0.15) is 4.98 Å². The van der Waals surface area contributed by atoms with Gasteiger partial charge in [0.1, 0.15) is 0 Å². The monoisotopic (exact) mass is 295 g/mol. The van der Waals surface area contributed by atoms with E-state index >= 15 is 0 Å². The van der Waals surface area contributed by atoms with Crippen molar-refractivity contribution in [1.82, 2.24) is 15.5 Å². The van der Waals surface area contributed by atoms with Gasteiger partial charge in [-0.05, 0) is 43.7 Å². The van der Waals surface area contributed by atoms with E-state index < -0.39 is 0 Å². The molecular weight excluding hydrogens is 282 g/mol. The molecule has 1 aromatic carbocycles. The first-order valence-electron chi connectivity index (χ1n) is 6.25. The molecule has 0 aliphatic carbocycles. The lowest BCUT2D eigenvalue weighted by molar-refractivity contribution is 0.342. The number of rotatable bonds is 4. The Labute approximate surface area is 120 Å². The number of nitrogens with one attached hydrogen (secondary N) is 1. The van der Waals surface area contributed by atoms with Crippen molar-refractivity contribution in [2.45, 2.75) is 29.5 Å². The number of aromatic nitrogens is 2. The van der Waals surface area contributed by atoms with Crippen molar-refractivity contribution in [3.8, 4) is 0 Å². The highest BCUT2D eigenvalue weighted by Crippen LogP contribution is 2.25. The Kier molecular flexibility index (Phi) is 4.06. The lowest BCUT2D eigenvalue weighted by Gasteiger charge is -2.01. The highest BCUT2D eigenvalue weighted by Gasteiger charge is 2.22. The maximum atomic E-state index is 5.85. The molecule has 0 spiro atoms. The van der Waals surface area contributed by atoms with Gasteiger partial charge in [0, 0.05) is 9.92 Å². The van der Waals surface area contributed by atoms with Crippen LogP contribution in [0, 0.1) is 0 Å². The van der Waals surface area contributed by atoms with Crippen LogP contribution in [0.3, 0.4) is 0 Å². The molecule has 2 heterocycles. The standard InChI is InChI=1S/C13H14ClN3OS/c14-9-3-5-10(6-4-9)19-8-12-16-13(18-17-12)11-2-1-7-15-11/h3-6,11,15H,1-2,7-8H2. The Morgan fingerprint density at radius 2 is 2.21 bits per heavy atom. The Morgan fingerprint density at radius 3 is 2.95 bits per heavy atom.